The standard InChI is InChI=1S/C15H21N3O/c16-14-5-4-6-15-13(14)7-10-18(15)19-12-11-17-8-2-1-3-9-17/h4-7,10H,1-3,8-9,11-12,16H2. The van der Waals surface area contributed by atoms with Crippen molar-refractivity contribution >= 4 is 16.6 Å². The second-order valence-corrected chi connectivity index (χ2v) is 5.16. The number of anilines is 1. The largest absolute Gasteiger partial charge is 0.412 e. The van der Waals surface area contributed by atoms with Crippen LogP contribution >= 0.6 is 0 Å². The van der Waals surface area contributed by atoms with Gasteiger partial charge in [0.1, 0.15) is 6.61 Å². The van der Waals surface area contributed by atoms with Crippen molar-refractivity contribution in [3.05, 3.63) is 30.5 Å². The molecule has 2 heterocycles. The van der Waals surface area contributed by atoms with Gasteiger partial charge in [-0.2, -0.15) is 4.73 Å². The van der Waals surface area contributed by atoms with E-state index in [1.807, 2.05) is 35.2 Å². The lowest BCUT2D eigenvalue weighted by atomic mass is 10.1. The summed E-state index contributed by atoms with van der Waals surface area (Å²) in [4.78, 5) is 8.31. The zero-order valence-electron chi connectivity index (χ0n) is 11.2. The van der Waals surface area contributed by atoms with Crippen molar-refractivity contribution in [2.45, 2.75) is 19.3 Å². The molecule has 0 bridgehead atoms. The van der Waals surface area contributed by atoms with Gasteiger partial charge in [-0.3, -0.25) is 4.90 Å². The molecule has 1 aliphatic rings. The van der Waals surface area contributed by atoms with Gasteiger partial charge in [0.15, 0.2) is 0 Å². The molecule has 102 valence electrons. The molecule has 1 aliphatic heterocycles. The number of nitrogens with zero attached hydrogens (tertiary/aromatic N) is 2. The Labute approximate surface area is 113 Å². The topological polar surface area (TPSA) is 43.4 Å². The smallest absolute Gasteiger partial charge is 0.127 e. The Balaban J connectivity index is 1.60. The summed E-state index contributed by atoms with van der Waals surface area (Å²) < 4.78 is 1.83. The fourth-order valence-electron chi connectivity index (χ4n) is 2.73. The molecule has 4 nitrogen and oxygen atoms in total. The minimum Gasteiger partial charge on any atom is -0.412 e. The summed E-state index contributed by atoms with van der Waals surface area (Å²) in [5.41, 5.74) is 7.78. The summed E-state index contributed by atoms with van der Waals surface area (Å²) in [5, 5.41) is 1.06. The van der Waals surface area contributed by atoms with E-state index in [9.17, 15) is 0 Å². The van der Waals surface area contributed by atoms with Gasteiger partial charge in [0, 0.05) is 23.8 Å². The first-order valence-corrected chi connectivity index (χ1v) is 7.06. The molecule has 4 heteroatoms. The number of nitrogen functional groups attached to an aromatic ring is 1. The average Bonchev–Trinajstić information content (AvgIpc) is 2.85. The number of hydrogen-bond acceptors (Lipinski definition) is 3. The first-order valence-electron chi connectivity index (χ1n) is 7.06. The number of piperidine rings is 1. The second kappa shape index (κ2) is 5.53. The molecule has 1 fully saturated rings. The quantitative estimate of drug-likeness (QED) is 0.855. The molecule has 0 unspecified atom stereocenters. The van der Waals surface area contributed by atoms with Gasteiger partial charge in [0.05, 0.1) is 5.52 Å². The van der Waals surface area contributed by atoms with Crippen LogP contribution < -0.4 is 10.6 Å². The number of rotatable bonds is 4. The highest BCUT2D eigenvalue weighted by Gasteiger charge is 2.10. The molecule has 0 radical (unpaired) electrons. The molecule has 0 spiro atoms. The highest BCUT2D eigenvalue weighted by molar-refractivity contribution is 5.90. The maximum absolute atomic E-state index is 5.94. The van der Waals surface area contributed by atoms with Crippen molar-refractivity contribution in [2.75, 3.05) is 32.0 Å². The van der Waals surface area contributed by atoms with E-state index in [0.29, 0.717) is 0 Å². The van der Waals surface area contributed by atoms with Crippen LogP contribution in [0.25, 0.3) is 10.9 Å². The van der Waals surface area contributed by atoms with E-state index in [4.69, 9.17) is 10.6 Å². The molecule has 1 aromatic heterocycles. The van der Waals surface area contributed by atoms with Crippen molar-refractivity contribution in [3.63, 3.8) is 0 Å². The lowest BCUT2D eigenvalue weighted by Crippen LogP contribution is -2.34. The normalized spacial score (nSPS) is 16.8. The third-order valence-electron chi connectivity index (χ3n) is 3.82. The fourth-order valence-corrected chi connectivity index (χ4v) is 2.73. The Morgan fingerprint density at radius 3 is 2.79 bits per heavy atom. The van der Waals surface area contributed by atoms with Crippen LogP contribution in [0, 0.1) is 0 Å². The first kappa shape index (κ1) is 12.4. The Hall–Kier alpha value is -1.68. The zero-order valence-corrected chi connectivity index (χ0v) is 11.2. The SMILES string of the molecule is Nc1cccc2c1ccn2OCCN1CCCCC1. The van der Waals surface area contributed by atoms with E-state index in [0.717, 1.165) is 29.7 Å². The van der Waals surface area contributed by atoms with Crippen LogP contribution in [0.3, 0.4) is 0 Å². The predicted octanol–water partition coefficient (Wildman–Crippen LogP) is 2.14. The van der Waals surface area contributed by atoms with Gasteiger partial charge in [-0.25, -0.2) is 0 Å². The van der Waals surface area contributed by atoms with E-state index < -0.39 is 0 Å². The van der Waals surface area contributed by atoms with Crippen LogP contribution in [0.1, 0.15) is 19.3 Å². The van der Waals surface area contributed by atoms with Crippen LogP contribution in [0.4, 0.5) is 5.69 Å². The highest BCUT2D eigenvalue weighted by Crippen LogP contribution is 2.20. The Morgan fingerprint density at radius 2 is 1.95 bits per heavy atom. The summed E-state index contributed by atoms with van der Waals surface area (Å²) in [5.74, 6) is 0. The maximum Gasteiger partial charge on any atom is 0.127 e. The Bertz CT molecular complexity index is 543. The summed E-state index contributed by atoms with van der Waals surface area (Å²) in [6, 6.07) is 7.92. The molecule has 1 aromatic carbocycles. The molecule has 1 saturated heterocycles. The number of benzene rings is 1. The van der Waals surface area contributed by atoms with Gasteiger partial charge in [0.2, 0.25) is 0 Å². The van der Waals surface area contributed by atoms with Crippen molar-refractivity contribution in [1.29, 1.82) is 0 Å². The first-order chi connectivity index (χ1) is 9.34. The lowest BCUT2D eigenvalue weighted by Gasteiger charge is -2.26. The van der Waals surface area contributed by atoms with E-state index in [1.54, 1.807) is 0 Å². The molecule has 0 aliphatic carbocycles. The Kier molecular flexibility index (Phi) is 3.60. The maximum atomic E-state index is 5.94. The van der Waals surface area contributed by atoms with Gasteiger partial charge in [-0.15, -0.1) is 0 Å². The second-order valence-electron chi connectivity index (χ2n) is 5.16. The third-order valence-corrected chi connectivity index (χ3v) is 3.82. The minimum atomic E-state index is 0.721. The van der Waals surface area contributed by atoms with Crippen molar-refractivity contribution in [2.24, 2.45) is 0 Å². The minimum absolute atomic E-state index is 0.721. The molecule has 0 amide bonds. The molecular weight excluding hydrogens is 238 g/mol. The molecular formula is C15H21N3O. The molecule has 2 aromatic rings. The van der Waals surface area contributed by atoms with Gasteiger partial charge in [0.25, 0.3) is 0 Å². The average molecular weight is 259 g/mol. The summed E-state index contributed by atoms with van der Waals surface area (Å²) in [6.07, 6.45) is 5.96. The van der Waals surface area contributed by atoms with Crippen LogP contribution in [-0.4, -0.2) is 35.9 Å². The monoisotopic (exact) mass is 259 g/mol. The van der Waals surface area contributed by atoms with Crippen LogP contribution in [-0.2, 0) is 0 Å². The predicted molar refractivity (Wildman–Crippen MR) is 78.1 cm³/mol. The number of nitrogens with two attached hydrogens (primary N) is 1. The van der Waals surface area contributed by atoms with E-state index in [1.165, 1.54) is 32.4 Å². The van der Waals surface area contributed by atoms with Crippen LogP contribution in [0.5, 0.6) is 0 Å². The van der Waals surface area contributed by atoms with E-state index in [2.05, 4.69) is 4.90 Å². The van der Waals surface area contributed by atoms with E-state index in [-0.39, 0.29) is 0 Å². The van der Waals surface area contributed by atoms with Crippen molar-refractivity contribution in [3.8, 4) is 0 Å². The van der Waals surface area contributed by atoms with Gasteiger partial charge in [-0.1, -0.05) is 12.5 Å². The number of hydrogen-bond donors (Lipinski definition) is 1. The third kappa shape index (κ3) is 2.68. The van der Waals surface area contributed by atoms with Gasteiger partial charge < -0.3 is 10.6 Å². The van der Waals surface area contributed by atoms with Gasteiger partial charge in [-0.05, 0) is 44.1 Å². The molecule has 2 N–H and O–H groups in total. The Morgan fingerprint density at radius 1 is 1.11 bits per heavy atom. The van der Waals surface area contributed by atoms with Crippen LogP contribution in [0.2, 0.25) is 0 Å². The zero-order chi connectivity index (χ0) is 13.1. The number of likely N-dealkylation sites (tertiary alicyclic amines) is 1. The molecule has 0 atom stereocenters. The molecule has 3 rings (SSSR count). The number of fused-ring (bicyclic) bond motifs is 1. The summed E-state index contributed by atoms with van der Waals surface area (Å²) >= 11 is 0. The number of aromatic nitrogens is 1. The van der Waals surface area contributed by atoms with Crippen molar-refractivity contribution < 1.29 is 4.84 Å². The summed E-state index contributed by atoms with van der Waals surface area (Å²) in [7, 11) is 0. The lowest BCUT2D eigenvalue weighted by molar-refractivity contribution is 0.0877. The van der Waals surface area contributed by atoms with E-state index >= 15 is 0 Å². The summed E-state index contributed by atoms with van der Waals surface area (Å²) in [6.45, 7) is 4.14. The molecule has 0 saturated carbocycles. The fraction of sp³-hybridized carbons (Fsp3) is 0.467. The molecule has 19 heavy (non-hydrogen) atoms. The van der Waals surface area contributed by atoms with Crippen molar-refractivity contribution in [1.82, 2.24) is 9.63 Å². The highest BCUT2D eigenvalue weighted by atomic mass is 16.7. The van der Waals surface area contributed by atoms with Gasteiger partial charge >= 0.3 is 0 Å². The van der Waals surface area contributed by atoms with Crippen LogP contribution in [0.15, 0.2) is 30.5 Å².